The lowest BCUT2D eigenvalue weighted by atomic mass is 10.1. The van der Waals surface area contributed by atoms with Crippen LogP contribution in [0, 0.1) is 0 Å². The number of methoxy groups -OCH3 is 1. The molecule has 1 aromatic carbocycles. The number of benzene rings is 1. The molecule has 0 aromatic heterocycles. The lowest BCUT2D eigenvalue weighted by Crippen LogP contribution is -2.47. The van der Waals surface area contributed by atoms with E-state index in [4.69, 9.17) is 4.74 Å². The van der Waals surface area contributed by atoms with E-state index in [1.54, 1.807) is 7.11 Å². The van der Waals surface area contributed by atoms with Crippen molar-refractivity contribution in [3.8, 4) is 5.75 Å². The highest BCUT2D eigenvalue weighted by atomic mass is 16.5. The zero-order valence-electron chi connectivity index (χ0n) is 10.2. The van der Waals surface area contributed by atoms with E-state index in [2.05, 4.69) is 26.2 Å². The largest absolute Gasteiger partial charge is 0.497 e. The number of nitrogens with zero attached hydrogens (tertiary/aromatic N) is 1. The Kier molecular flexibility index (Phi) is 3.58. The van der Waals surface area contributed by atoms with Crippen LogP contribution in [0.2, 0.25) is 0 Å². The molecule has 0 aliphatic carbocycles. The van der Waals surface area contributed by atoms with Crippen LogP contribution in [0.15, 0.2) is 24.3 Å². The summed E-state index contributed by atoms with van der Waals surface area (Å²) >= 11 is 0. The van der Waals surface area contributed by atoms with E-state index in [1.807, 2.05) is 36.3 Å². The second-order valence-electron chi connectivity index (χ2n) is 4.62. The van der Waals surface area contributed by atoms with E-state index in [0.717, 1.165) is 11.4 Å². The Hall–Kier alpha value is -1.22. The number of rotatable bonds is 3. The van der Waals surface area contributed by atoms with Crippen LogP contribution in [-0.2, 0) is 0 Å². The number of hydrazine groups is 1. The second kappa shape index (κ2) is 4.53. The summed E-state index contributed by atoms with van der Waals surface area (Å²) in [6, 6.07) is 7.96. The lowest BCUT2D eigenvalue weighted by molar-refractivity contribution is 0.410. The average Bonchev–Trinajstić information content (AvgIpc) is 2.15. The van der Waals surface area contributed by atoms with Crippen molar-refractivity contribution in [1.29, 1.82) is 0 Å². The average molecular weight is 208 g/mol. The van der Waals surface area contributed by atoms with Crippen LogP contribution in [0.25, 0.3) is 0 Å². The molecule has 0 spiro atoms. The van der Waals surface area contributed by atoms with Crippen molar-refractivity contribution in [2.75, 3.05) is 19.2 Å². The molecule has 0 fully saturated rings. The zero-order valence-corrected chi connectivity index (χ0v) is 10.2. The van der Waals surface area contributed by atoms with Crippen LogP contribution in [0.5, 0.6) is 5.75 Å². The van der Waals surface area contributed by atoms with Gasteiger partial charge in [-0.3, -0.25) is 0 Å². The van der Waals surface area contributed by atoms with Gasteiger partial charge in [-0.1, -0.05) is 6.07 Å². The minimum Gasteiger partial charge on any atom is -0.497 e. The quantitative estimate of drug-likeness (QED) is 0.772. The van der Waals surface area contributed by atoms with Gasteiger partial charge >= 0.3 is 0 Å². The Morgan fingerprint density at radius 2 is 1.93 bits per heavy atom. The van der Waals surface area contributed by atoms with Crippen molar-refractivity contribution < 1.29 is 4.74 Å². The summed E-state index contributed by atoms with van der Waals surface area (Å²) in [7, 11) is 3.68. The molecular weight excluding hydrogens is 188 g/mol. The Bertz CT molecular complexity index is 318. The highest BCUT2D eigenvalue weighted by molar-refractivity contribution is 5.49. The van der Waals surface area contributed by atoms with Gasteiger partial charge in [-0.15, -0.1) is 0 Å². The molecule has 0 aliphatic rings. The molecule has 3 nitrogen and oxygen atoms in total. The van der Waals surface area contributed by atoms with E-state index in [1.165, 1.54) is 0 Å². The molecule has 0 atom stereocenters. The van der Waals surface area contributed by atoms with Gasteiger partial charge in [0.1, 0.15) is 5.75 Å². The van der Waals surface area contributed by atoms with Crippen LogP contribution >= 0.6 is 0 Å². The minimum absolute atomic E-state index is 0.0534. The Labute approximate surface area is 92.0 Å². The predicted octanol–water partition coefficient (Wildman–Crippen LogP) is 2.43. The van der Waals surface area contributed by atoms with Crippen LogP contribution in [0.3, 0.4) is 0 Å². The summed E-state index contributed by atoms with van der Waals surface area (Å²) in [4.78, 5) is 0. The van der Waals surface area contributed by atoms with Gasteiger partial charge in [0.2, 0.25) is 0 Å². The van der Waals surface area contributed by atoms with Crippen LogP contribution in [0.4, 0.5) is 5.69 Å². The van der Waals surface area contributed by atoms with Gasteiger partial charge in [0.25, 0.3) is 0 Å². The van der Waals surface area contributed by atoms with Gasteiger partial charge in [-0.25, -0.2) is 5.43 Å². The SMILES string of the molecule is COc1cccc(N(C)NC(C)(C)C)c1. The number of hydrogen-bond acceptors (Lipinski definition) is 3. The number of ether oxygens (including phenoxy) is 1. The van der Waals surface area contributed by atoms with E-state index in [0.29, 0.717) is 0 Å². The highest BCUT2D eigenvalue weighted by Gasteiger charge is 2.12. The Morgan fingerprint density at radius 1 is 1.27 bits per heavy atom. The summed E-state index contributed by atoms with van der Waals surface area (Å²) in [6.45, 7) is 6.39. The first kappa shape index (κ1) is 11.9. The Balaban J connectivity index is 2.77. The normalized spacial score (nSPS) is 11.3. The highest BCUT2D eigenvalue weighted by Crippen LogP contribution is 2.19. The molecule has 0 saturated carbocycles. The fourth-order valence-corrected chi connectivity index (χ4v) is 1.39. The molecule has 1 aromatic rings. The third-order valence-corrected chi connectivity index (χ3v) is 1.94. The van der Waals surface area contributed by atoms with Crippen molar-refractivity contribution in [3.05, 3.63) is 24.3 Å². The van der Waals surface area contributed by atoms with Crippen molar-refractivity contribution in [2.45, 2.75) is 26.3 Å². The Morgan fingerprint density at radius 3 is 2.47 bits per heavy atom. The summed E-state index contributed by atoms with van der Waals surface area (Å²) in [5, 5.41) is 2.00. The van der Waals surface area contributed by atoms with E-state index >= 15 is 0 Å². The van der Waals surface area contributed by atoms with Crippen molar-refractivity contribution >= 4 is 5.69 Å². The first-order chi connectivity index (χ1) is 6.92. The number of hydrogen-bond donors (Lipinski definition) is 1. The first-order valence-electron chi connectivity index (χ1n) is 5.08. The maximum absolute atomic E-state index is 5.18. The van der Waals surface area contributed by atoms with Gasteiger partial charge in [-0.2, -0.15) is 0 Å². The molecule has 0 aliphatic heterocycles. The molecule has 1 N–H and O–H groups in total. The summed E-state index contributed by atoms with van der Waals surface area (Å²) in [5.74, 6) is 0.870. The molecule has 0 heterocycles. The number of nitrogens with one attached hydrogen (secondary N) is 1. The van der Waals surface area contributed by atoms with Crippen LogP contribution < -0.4 is 15.2 Å². The predicted molar refractivity (Wildman–Crippen MR) is 64.3 cm³/mol. The molecule has 0 amide bonds. The van der Waals surface area contributed by atoms with Crippen molar-refractivity contribution in [2.24, 2.45) is 0 Å². The molecule has 3 heteroatoms. The smallest absolute Gasteiger partial charge is 0.120 e. The third-order valence-electron chi connectivity index (χ3n) is 1.94. The van der Waals surface area contributed by atoms with E-state index in [-0.39, 0.29) is 5.54 Å². The maximum Gasteiger partial charge on any atom is 0.120 e. The van der Waals surface area contributed by atoms with Crippen molar-refractivity contribution in [3.63, 3.8) is 0 Å². The zero-order chi connectivity index (χ0) is 11.5. The lowest BCUT2D eigenvalue weighted by Gasteiger charge is -2.30. The van der Waals surface area contributed by atoms with E-state index < -0.39 is 0 Å². The maximum atomic E-state index is 5.18. The summed E-state index contributed by atoms with van der Waals surface area (Å²) in [5.41, 5.74) is 4.51. The third kappa shape index (κ3) is 3.80. The van der Waals surface area contributed by atoms with Gasteiger partial charge in [-0.05, 0) is 32.9 Å². The monoisotopic (exact) mass is 208 g/mol. The first-order valence-corrected chi connectivity index (χ1v) is 5.08. The fourth-order valence-electron chi connectivity index (χ4n) is 1.39. The summed E-state index contributed by atoms with van der Waals surface area (Å²) < 4.78 is 5.18. The van der Waals surface area contributed by atoms with E-state index in [9.17, 15) is 0 Å². The fraction of sp³-hybridized carbons (Fsp3) is 0.500. The molecule has 84 valence electrons. The van der Waals surface area contributed by atoms with Gasteiger partial charge in [0, 0.05) is 18.7 Å². The van der Waals surface area contributed by atoms with Gasteiger partial charge in [0.15, 0.2) is 0 Å². The second-order valence-corrected chi connectivity index (χ2v) is 4.62. The molecule has 15 heavy (non-hydrogen) atoms. The summed E-state index contributed by atoms with van der Waals surface area (Å²) in [6.07, 6.45) is 0. The molecule has 0 saturated heterocycles. The van der Waals surface area contributed by atoms with Gasteiger partial charge in [0.05, 0.1) is 12.8 Å². The standard InChI is InChI=1S/C12H20N2O/c1-12(2,3)13-14(4)10-7-6-8-11(9-10)15-5/h6-9,13H,1-5H3. The molecule has 0 bridgehead atoms. The minimum atomic E-state index is 0.0534. The molecule has 0 radical (unpaired) electrons. The van der Waals surface area contributed by atoms with Gasteiger partial charge < -0.3 is 9.75 Å². The topological polar surface area (TPSA) is 24.5 Å². The molecular formula is C12H20N2O. The van der Waals surface area contributed by atoms with Crippen LogP contribution in [0.1, 0.15) is 20.8 Å². The molecule has 0 unspecified atom stereocenters. The number of anilines is 1. The molecule has 1 rings (SSSR count). The van der Waals surface area contributed by atoms with Crippen LogP contribution in [-0.4, -0.2) is 19.7 Å². The van der Waals surface area contributed by atoms with Crippen molar-refractivity contribution in [1.82, 2.24) is 5.43 Å².